The van der Waals surface area contributed by atoms with Crippen LogP contribution in [0.25, 0.3) is 11.1 Å². The molecule has 0 aliphatic carbocycles. The number of pyridine rings is 1. The lowest BCUT2D eigenvalue weighted by Crippen LogP contribution is -2.38. The van der Waals surface area contributed by atoms with E-state index in [-0.39, 0.29) is 11.9 Å². The molecule has 26 heavy (non-hydrogen) atoms. The Morgan fingerprint density at radius 2 is 1.65 bits per heavy atom. The molecule has 3 aromatic rings. The second-order valence-electron chi connectivity index (χ2n) is 6.25. The van der Waals surface area contributed by atoms with Gasteiger partial charge in [-0.25, -0.2) is 0 Å². The summed E-state index contributed by atoms with van der Waals surface area (Å²) in [6.45, 7) is 0. The zero-order chi connectivity index (χ0) is 18.2. The molecule has 2 aromatic carbocycles. The van der Waals surface area contributed by atoms with Gasteiger partial charge < -0.3 is 5.32 Å². The lowest BCUT2D eigenvalue weighted by Gasteiger charge is -2.16. The van der Waals surface area contributed by atoms with Crippen LogP contribution in [0.15, 0.2) is 79.1 Å². The summed E-state index contributed by atoms with van der Waals surface area (Å²) in [5.74, 6) is 0.605. The fraction of sp³-hybridized carbons (Fsp3) is 0.182. The minimum atomic E-state index is -0.00127. The molecule has 3 nitrogen and oxygen atoms in total. The molecule has 1 aromatic heterocycles. The number of carbonyl (C=O) groups is 1. The van der Waals surface area contributed by atoms with E-state index in [2.05, 4.69) is 47.2 Å². The van der Waals surface area contributed by atoms with Gasteiger partial charge in [0.05, 0.1) is 6.42 Å². The molecule has 132 valence electrons. The summed E-state index contributed by atoms with van der Waals surface area (Å²) >= 11 is 4.37. The first-order chi connectivity index (χ1) is 12.7. The second-order valence-corrected chi connectivity index (χ2v) is 6.62. The molecule has 3 rings (SSSR count). The SMILES string of the molecule is O=C(Cc1ccc(-c2ccccc2)cc1)N[C@@H](CS)Cc1cccnc1. The minimum Gasteiger partial charge on any atom is -0.352 e. The van der Waals surface area contributed by atoms with Crippen molar-refractivity contribution in [3.63, 3.8) is 0 Å². The van der Waals surface area contributed by atoms with E-state index in [4.69, 9.17) is 0 Å². The molecule has 1 atom stereocenters. The van der Waals surface area contributed by atoms with Crippen molar-refractivity contribution in [1.29, 1.82) is 0 Å². The van der Waals surface area contributed by atoms with E-state index in [0.717, 1.165) is 23.1 Å². The van der Waals surface area contributed by atoms with E-state index in [1.807, 2.05) is 48.7 Å². The number of hydrogen-bond acceptors (Lipinski definition) is 3. The summed E-state index contributed by atoms with van der Waals surface area (Å²) < 4.78 is 0. The molecule has 0 aliphatic rings. The molecule has 0 radical (unpaired) electrons. The Morgan fingerprint density at radius 3 is 2.31 bits per heavy atom. The van der Waals surface area contributed by atoms with Crippen LogP contribution in [0.1, 0.15) is 11.1 Å². The molecule has 1 heterocycles. The van der Waals surface area contributed by atoms with Gasteiger partial charge in [0.25, 0.3) is 0 Å². The van der Waals surface area contributed by atoms with Crippen LogP contribution in [0, 0.1) is 0 Å². The number of carbonyl (C=O) groups excluding carboxylic acids is 1. The lowest BCUT2D eigenvalue weighted by molar-refractivity contribution is -0.121. The number of benzene rings is 2. The molecule has 0 saturated carbocycles. The van der Waals surface area contributed by atoms with Gasteiger partial charge in [0, 0.05) is 24.2 Å². The van der Waals surface area contributed by atoms with Crippen molar-refractivity contribution in [3.8, 4) is 11.1 Å². The number of aromatic nitrogens is 1. The Morgan fingerprint density at radius 1 is 0.923 bits per heavy atom. The van der Waals surface area contributed by atoms with Crippen LogP contribution < -0.4 is 5.32 Å². The van der Waals surface area contributed by atoms with Gasteiger partial charge in [0.2, 0.25) is 5.91 Å². The standard InChI is InChI=1S/C22H22N2OS/c25-22(24-21(16-26)13-18-5-4-12-23-15-18)14-17-8-10-20(11-9-17)19-6-2-1-3-7-19/h1-12,15,21,26H,13-14,16H2,(H,24,25)/t21-/m1/s1. The van der Waals surface area contributed by atoms with Crippen LogP contribution in [-0.4, -0.2) is 22.7 Å². The van der Waals surface area contributed by atoms with Gasteiger partial charge in [-0.1, -0.05) is 60.7 Å². The van der Waals surface area contributed by atoms with Gasteiger partial charge in [-0.05, 0) is 34.7 Å². The fourth-order valence-corrected chi connectivity index (χ4v) is 3.09. The third kappa shape index (κ3) is 5.20. The molecule has 0 saturated heterocycles. The van der Waals surface area contributed by atoms with E-state index < -0.39 is 0 Å². The summed E-state index contributed by atoms with van der Waals surface area (Å²) in [7, 11) is 0. The summed E-state index contributed by atoms with van der Waals surface area (Å²) in [5.41, 5.74) is 4.43. The predicted octanol–water partition coefficient (Wildman–Crippen LogP) is 3.95. The molecule has 0 aliphatic heterocycles. The Hall–Kier alpha value is -2.59. The Balaban J connectivity index is 1.57. The van der Waals surface area contributed by atoms with Crippen molar-refractivity contribution in [2.45, 2.75) is 18.9 Å². The van der Waals surface area contributed by atoms with E-state index in [9.17, 15) is 4.79 Å². The Kier molecular flexibility index (Phi) is 6.45. The van der Waals surface area contributed by atoms with Crippen LogP contribution in [0.5, 0.6) is 0 Å². The maximum Gasteiger partial charge on any atom is 0.224 e. The highest BCUT2D eigenvalue weighted by Crippen LogP contribution is 2.19. The van der Waals surface area contributed by atoms with Crippen molar-refractivity contribution in [3.05, 3.63) is 90.3 Å². The first kappa shape index (κ1) is 18.2. The van der Waals surface area contributed by atoms with Gasteiger partial charge in [-0.2, -0.15) is 12.6 Å². The number of rotatable bonds is 7. The molecule has 0 unspecified atom stereocenters. The first-order valence-corrected chi connectivity index (χ1v) is 9.31. The zero-order valence-corrected chi connectivity index (χ0v) is 15.4. The fourth-order valence-electron chi connectivity index (χ4n) is 2.87. The normalized spacial score (nSPS) is 11.7. The van der Waals surface area contributed by atoms with E-state index in [1.165, 1.54) is 5.56 Å². The van der Waals surface area contributed by atoms with Crippen LogP contribution in [0.4, 0.5) is 0 Å². The smallest absolute Gasteiger partial charge is 0.224 e. The van der Waals surface area contributed by atoms with Gasteiger partial charge in [0.15, 0.2) is 0 Å². The molecule has 0 fully saturated rings. The topological polar surface area (TPSA) is 42.0 Å². The molecule has 1 amide bonds. The predicted molar refractivity (Wildman–Crippen MR) is 109 cm³/mol. The highest BCUT2D eigenvalue weighted by Gasteiger charge is 2.12. The quantitative estimate of drug-likeness (QED) is 0.625. The van der Waals surface area contributed by atoms with Crippen LogP contribution >= 0.6 is 12.6 Å². The summed E-state index contributed by atoms with van der Waals surface area (Å²) in [5, 5.41) is 3.07. The molecule has 0 bridgehead atoms. The molecule has 4 heteroatoms. The van der Waals surface area contributed by atoms with Gasteiger partial charge >= 0.3 is 0 Å². The average Bonchev–Trinajstić information content (AvgIpc) is 2.69. The number of nitrogens with one attached hydrogen (secondary N) is 1. The summed E-state index contributed by atoms with van der Waals surface area (Å²) in [6.07, 6.45) is 4.67. The van der Waals surface area contributed by atoms with E-state index in [0.29, 0.717) is 12.2 Å². The van der Waals surface area contributed by atoms with Crippen LogP contribution in [0.2, 0.25) is 0 Å². The first-order valence-electron chi connectivity index (χ1n) is 8.68. The van der Waals surface area contributed by atoms with Gasteiger partial charge in [0.1, 0.15) is 0 Å². The van der Waals surface area contributed by atoms with Crippen molar-refractivity contribution in [2.75, 3.05) is 5.75 Å². The van der Waals surface area contributed by atoms with Crippen molar-refractivity contribution < 1.29 is 4.79 Å². The Bertz CT molecular complexity index is 820. The van der Waals surface area contributed by atoms with E-state index >= 15 is 0 Å². The summed E-state index contributed by atoms with van der Waals surface area (Å²) in [6, 6.07) is 22.3. The summed E-state index contributed by atoms with van der Waals surface area (Å²) in [4.78, 5) is 16.5. The maximum atomic E-state index is 12.4. The lowest BCUT2D eigenvalue weighted by atomic mass is 10.0. The highest BCUT2D eigenvalue weighted by molar-refractivity contribution is 7.80. The van der Waals surface area contributed by atoms with Crippen molar-refractivity contribution in [1.82, 2.24) is 10.3 Å². The Labute approximate surface area is 159 Å². The molecule has 0 spiro atoms. The monoisotopic (exact) mass is 362 g/mol. The third-order valence-corrected chi connectivity index (χ3v) is 4.66. The third-order valence-electron chi connectivity index (χ3n) is 4.22. The van der Waals surface area contributed by atoms with Crippen molar-refractivity contribution >= 4 is 18.5 Å². The average molecular weight is 362 g/mol. The number of hydrogen-bond donors (Lipinski definition) is 2. The zero-order valence-electron chi connectivity index (χ0n) is 14.5. The number of amides is 1. The van der Waals surface area contributed by atoms with Crippen molar-refractivity contribution in [2.24, 2.45) is 0 Å². The minimum absolute atomic E-state index is 0.00127. The van der Waals surface area contributed by atoms with E-state index in [1.54, 1.807) is 6.20 Å². The largest absolute Gasteiger partial charge is 0.352 e. The van der Waals surface area contributed by atoms with Crippen LogP contribution in [-0.2, 0) is 17.6 Å². The molecular formula is C22H22N2OS. The molecule has 1 N–H and O–H groups in total. The second kappa shape index (κ2) is 9.20. The maximum absolute atomic E-state index is 12.4. The van der Waals surface area contributed by atoms with Crippen LogP contribution in [0.3, 0.4) is 0 Å². The van der Waals surface area contributed by atoms with Gasteiger partial charge in [-0.3, -0.25) is 9.78 Å². The number of thiol groups is 1. The molecular weight excluding hydrogens is 340 g/mol. The highest BCUT2D eigenvalue weighted by atomic mass is 32.1. The number of nitrogens with zero attached hydrogens (tertiary/aromatic N) is 1. The van der Waals surface area contributed by atoms with Gasteiger partial charge in [-0.15, -0.1) is 0 Å².